The van der Waals surface area contributed by atoms with Gasteiger partial charge in [-0.3, -0.25) is 0 Å². The molecule has 0 saturated heterocycles. The van der Waals surface area contributed by atoms with Crippen molar-refractivity contribution in [2.75, 3.05) is 5.75 Å². The number of hydrogen-bond acceptors (Lipinski definition) is 3. The van der Waals surface area contributed by atoms with Crippen LogP contribution in [0.4, 0.5) is 0 Å². The van der Waals surface area contributed by atoms with E-state index in [9.17, 15) is 10.2 Å². The van der Waals surface area contributed by atoms with Crippen molar-refractivity contribution >= 4 is 23.4 Å². The second-order valence-corrected chi connectivity index (χ2v) is 7.51. The molecule has 0 fully saturated rings. The first-order valence-electron chi connectivity index (χ1n) is 7.74. The van der Waals surface area contributed by atoms with Crippen molar-refractivity contribution in [2.45, 2.75) is 76.2 Å². The molecular formula is C16H31ClO2S. The maximum absolute atomic E-state index is 9.98. The van der Waals surface area contributed by atoms with Gasteiger partial charge in [0.2, 0.25) is 0 Å². The van der Waals surface area contributed by atoms with Gasteiger partial charge in [0.05, 0.1) is 12.2 Å². The summed E-state index contributed by atoms with van der Waals surface area (Å²) >= 11 is 8.02. The molecule has 120 valence electrons. The summed E-state index contributed by atoms with van der Waals surface area (Å²) in [5.74, 6) is 0.950. The quantitative estimate of drug-likeness (QED) is 0.340. The Kier molecular flexibility index (Phi) is 12.1. The van der Waals surface area contributed by atoms with Gasteiger partial charge in [0, 0.05) is 16.5 Å². The molecule has 0 aliphatic carbocycles. The second kappa shape index (κ2) is 11.9. The Morgan fingerprint density at radius 3 is 2.20 bits per heavy atom. The first-order chi connectivity index (χ1) is 9.43. The van der Waals surface area contributed by atoms with E-state index in [-0.39, 0.29) is 16.5 Å². The Morgan fingerprint density at radius 1 is 1.10 bits per heavy atom. The van der Waals surface area contributed by atoms with Crippen LogP contribution in [-0.4, -0.2) is 38.8 Å². The molecule has 0 aromatic rings. The molecule has 0 aliphatic rings. The van der Waals surface area contributed by atoms with Gasteiger partial charge in [-0.15, -0.1) is 11.6 Å². The predicted molar refractivity (Wildman–Crippen MR) is 91.7 cm³/mol. The van der Waals surface area contributed by atoms with E-state index in [0.29, 0.717) is 0 Å². The zero-order valence-electron chi connectivity index (χ0n) is 13.3. The molecule has 20 heavy (non-hydrogen) atoms. The molecule has 0 bridgehead atoms. The first kappa shape index (κ1) is 20.3. The van der Waals surface area contributed by atoms with E-state index in [4.69, 9.17) is 11.6 Å². The van der Waals surface area contributed by atoms with Crippen LogP contribution in [0, 0.1) is 5.92 Å². The Labute approximate surface area is 134 Å². The van der Waals surface area contributed by atoms with Crippen molar-refractivity contribution in [3.05, 3.63) is 12.2 Å². The molecule has 3 unspecified atom stereocenters. The van der Waals surface area contributed by atoms with Crippen LogP contribution < -0.4 is 0 Å². The molecule has 2 nitrogen and oxygen atoms in total. The predicted octanol–water partition coefficient (Wildman–Crippen LogP) is 4.23. The minimum absolute atomic E-state index is 0.0126. The summed E-state index contributed by atoms with van der Waals surface area (Å²) in [5.41, 5.74) is 0. The molecular weight excluding hydrogens is 292 g/mol. The highest BCUT2D eigenvalue weighted by atomic mass is 35.5. The number of alkyl halides is 1. The molecule has 2 N–H and O–H groups in total. The summed E-state index contributed by atoms with van der Waals surface area (Å²) in [4.78, 5) is 0. The Hall–Kier alpha value is 0.300. The van der Waals surface area contributed by atoms with Crippen LogP contribution in [0.25, 0.3) is 0 Å². The van der Waals surface area contributed by atoms with Crippen LogP contribution in [0.15, 0.2) is 12.2 Å². The molecule has 0 rings (SSSR count). The van der Waals surface area contributed by atoms with E-state index in [1.807, 2.05) is 19.1 Å². The van der Waals surface area contributed by atoms with E-state index < -0.39 is 12.2 Å². The SMILES string of the molecule is CCCCCC(O)/C=C/[C@@H](C(C)O)[C@@H](SCC)C(C)Cl. The van der Waals surface area contributed by atoms with Crippen LogP contribution in [-0.2, 0) is 0 Å². The fraction of sp³-hybridized carbons (Fsp3) is 0.875. The number of halogens is 1. The molecule has 0 heterocycles. The third-order valence-corrected chi connectivity index (χ3v) is 5.27. The smallest absolute Gasteiger partial charge is 0.0721 e. The van der Waals surface area contributed by atoms with Crippen molar-refractivity contribution in [3.8, 4) is 0 Å². The maximum Gasteiger partial charge on any atom is 0.0721 e. The monoisotopic (exact) mass is 322 g/mol. The van der Waals surface area contributed by atoms with Crippen molar-refractivity contribution in [1.82, 2.24) is 0 Å². The Balaban J connectivity index is 4.58. The molecule has 0 saturated carbocycles. The number of unbranched alkanes of at least 4 members (excludes halogenated alkanes) is 2. The fourth-order valence-electron chi connectivity index (χ4n) is 2.24. The molecule has 0 amide bonds. The van der Waals surface area contributed by atoms with Gasteiger partial charge in [0.15, 0.2) is 0 Å². The van der Waals surface area contributed by atoms with E-state index in [0.717, 1.165) is 31.4 Å². The van der Waals surface area contributed by atoms with Crippen molar-refractivity contribution in [2.24, 2.45) is 5.92 Å². The van der Waals surface area contributed by atoms with Crippen LogP contribution in [0.2, 0.25) is 0 Å². The van der Waals surface area contributed by atoms with Crippen molar-refractivity contribution < 1.29 is 10.2 Å². The van der Waals surface area contributed by atoms with Gasteiger partial charge in [-0.2, -0.15) is 11.8 Å². The Bertz CT molecular complexity index is 257. The minimum atomic E-state index is -0.459. The average Bonchev–Trinajstić information content (AvgIpc) is 2.37. The van der Waals surface area contributed by atoms with Gasteiger partial charge in [-0.05, 0) is 26.0 Å². The van der Waals surface area contributed by atoms with Crippen LogP contribution in [0.1, 0.15) is 53.4 Å². The van der Waals surface area contributed by atoms with E-state index in [1.54, 1.807) is 18.7 Å². The summed E-state index contributed by atoms with van der Waals surface area (Å²) < 4.78 is 0. The summed E-state index contributed by atoms with van der Waals surface area (Å²) in [5, 5.41) is 20.1. The third-order valence-electron chi connectivity index (χ3n) is 3.41. The number of hydrogen-bond donors (Lipinski definition) is 2. The van der Waals surface area contributed by atoms with Crippen molar-refractivity contribution in [3.63, 3.8) is 0 Å². The van der Waals surface area contributed by atoms with Crippen molar-refractivity contribution in [1.29, 1.82) is 0 Å². The number of rotatable bonds is 11. The highest BCUT2D eigenvalue weighted by Crippen LogP contribution is 2.29. The van der Waals surface area contributed by atoms with Gasteiger partial charge >= 0.3 is 0 Å². The van der Waals surface area contributed by atoms with Gasteiger partial charge in [-0.25, -0.2) is 0 Å². The van der Waals surface area contributed by atoms with Gasteiger partial charge in [0.25, 0.3) is 0 Å². The second-order valence-electron chi connectivity index (χ2n) is 5.36. The van der Waals surface area contributed by atoms with E-state index in [1.165, 1.54) is 0 Å². The summed E-state index contributed by atoms with van der Waals surface area (Å²) in [6.45, 7) is 8.01. The molecule has 4 heteroatoms. The summed E-state index contributed by atoms with van der Waals surface area (Å²) in [6.07, 6.45) is 7.05. The highest BCUT2D eigenvalue weighted by Gasteiger charge is 2.27. The highest BCUT2D eigenvalue weighted by molar-refractivity contribution is 8.00. The fourth-order valence-corrected chi connectivity index (χ4v) is 3.82. The molecule has 0 aromatic carbocycles. The first-order valence-corrected chi connectivity index (χ1v) is 9.22. The topological polar surface area (TPSA) is 40.5 Å². The number of aliphatic hydroxyl groups is 2. The molecule has 0 aromatic heterocycles. The molecule has 5 atom stereocenters. The zero-order chi connectivity index (χ0) is 15.5. The van der Waals surface area contributed by atoms with Crippen LogP contribution in [0.5, 0.6) is 0 Å². The summed E-state index contributed by atoms with van der Waals surface area (Å²) in [6, 6.07) is 0. The lowest BCUT2D eigenvalue weighted by Crippen LogP contribution is -2.32. The number of thioether (sulfide) groups is 1. The normalized spacial score (nSPS) is 19.8. The van der Waals surface area contributed by atoms with Gasteiger partial charge in [0.1, 0.15) is 0 Å². The lowest BCUT2D eigenvalue weighted by Gasteiger charge is -2.28. The third kappa shape index (κ3) is 8.56. The largest absolute Gasteiger partial charge is 0.393 e. The van der Waals surface area contributed by atoms with Gasteiger partial charge in [-0.1, -0.05) is 45.3 Å². The van der Waals surface area contributed by atoms with E-state index in [2.05, 4.69) is 13.8 Å². The lowest BCUT2D eigenvalue weighted by molar-refractivity contribution is 0.145. The lowest BCUT2D eigenvalue weighted by atomic mass is 9.95. The average molecular weight is 323 g/mol. The van der Waals surface area contributed by atoms with E-state index >= 15 is 0 Å². The molecule has 0 spiro atoms. The molecule has 0 radical (unpaired) electrons. The number of aliphatic hydroxyl groups excluding tert-OH is 2. The Morgan fingerprint density at radius 2 is 1.75 bits per heavy atom. The minimum Gasteiger partial charge on any atom is -0.393 e. The van der Waals surface area contributed by atoms with Crippen LogP contribution in [0.3, 0.4) is 0 Å². The standard InChI is InChI=1S/C16H31ClO2S/c1-5-7-8-9-14(19)10-11-15(13(4)18)16(12(3)17)20-6-2/h10-16,18-19H,5-9H2,1-4H3/b11-10+/t12?,13?,14?,15-,16-/m0/s1. The zero-order valence-corrected chi connectivity index (χ0v) is 14.8. The summed E-state index contributed by atoms with van der Waals surface area (Å²) in [7, 11) is 0. The van der Waals surface area contributed by atoms with Gasteiger partial charge < -0.3 is 10.2 Å². The molecule has 0 aliphatic heterocycles. The maximum atomic E-state index is 9.98. The van der Waals surface area contributed by atoms with Crippen LogP contribution >= 0.6 is 23.4 Å².